The van der Waals surface area contributed by atoms with E-state index in [2.05, 4.69) is 20.2 Å². The van der Waals surface area contributed by atoms with Crippen molar-refractivity contribution in [3.8, 4) is 6.07 Å². The quantitative estimate of drug-likeness (QED) is 0.659. The summed E-state index contributed by atoms with van der Waals surface area (Å²) >= 11 is 0. The average Bonchev–Trinajstić information content (AvgIpc) is 3.08. The van der Waals surface area contributed by atoms with Gasteiger partial charge in [0.1, 0.15) is 0 Å². The Morgan fingerprint density at radius 1 is 1.07 bits per heavy atom. The number of rotatable bonds is 3. The summed E-state index contributed by atoms with van der Waals surface area (Å²) in [6, 6.07) is 9.88. The Balaban J connectivity index is 1.49. The Morgan fingerprint density at radius 2 is 1.78 bits per heavy atom. The van der Waals surface area contributed by atoms with Crippen molar-refractivity contribution in [3.05, 3.63) is 47.9 Å². The second-order valence-corrected chi connectivity index (χ2v) is 8.20. The van der Waals surface area contributed by atoms with Crippen molar-refractivity contribution < 1.29 is 8.42 Å². The van der Waals surface area contributed by atoms with Crippen molar-refractivity contribution >= 4 is 21.4 Å². The van der Waals surface area contributed by atoms with Gasteiger partial charge in [0.2, 0.25) is 10.0 Å². The van der Waals surface area contributed by atoms with Gasteiger partial charge in [0.15, 0.2) is 11.5 Å². The molecule has 1 aliphatic heterocycles. The fourth-order valence-electron chi connectivity index (χ4n) is 3.10. The zero-order chi connectivity index (χ0) is 19.0. The van der Waals surface area contributed by atoms with E-state index < -0.39 is 10.0 Å². The van der Waals surface area contributed by atoms with E-state index in [1.807, 2.05) is 19.1 Å². The maximum absolute atomic E-state index is 12.8. The zero-order valence-corrected chi connectivity index (χ0v) is 15.5. The van der Waals surface area contributed by atoms with Crippen molar-refractivity contribution in [1.29, 1.82) is 5.26 Å². The third-order valence-corrected chi connectivity index (χ3v) is 6.54. The Hall–Kier alpha value is -3.03. The Morgan fingerprint density at radius 3 is 2.44 bits per heavy atom. The molecule has 138 valence electrons. The van der Waals surface area contributed by atoms with Gasteiger partial charge in [-0.3, -0.25) is 0 Å². The molecule has 3 aromatic rings. The second-order valence-electron chi connectivity index (χ2n) is 6.26. The number of aromatic nitrogens is 4. The van der Waals surface area contributed by atoms with E-state index in [1.165, 1.54) is 28.6 Å². The van der Waals surface area contributed by atoms with Crippen molar-refractivity contribution in [3.63, 3.8) is 0 Å². The summed E-state index contributed by atoms with van der Waals surface area (Å²) in [4.78, 5) is 2.29. The standard InChI is InChI=1S/C17H17N7O2S/c1-13-20-21-17-10-15(12-19-24(13)17)22-6-8-23(9-7-22)27(25,26)16-4-2-14(11-18)3-5-16/h2-5,10,12H,6-9H2,1H3. The van der Waals surface area contributed by atoms with E-state index in [9.17, 15) is 8.42 Å². The lowest BCUT2D eigenvalue weighted by Gasteiger charge is -2.35. The highest BCUT2D eigenvalue weighted by atomic mass is 32.2. The van der Waals surface area contributed by atoms with Crippen LogP contribution in [-0.4, -0.2) is 58.7 Å². The highest BCUT2D eigenvalue weighted by Crippen LogP contribution is 2.21. The first kappa shape index (κ1) is 17.4. The van der Waals surface area contributed by atoms with Crippen molar-refractivity contribution in [1.82, 2.24) is 24.1 Å². The number of fused-ring (bicyclic) bond motifs is 1. The van der Waals surface area contributed by atoms with Gasteiger partial charge in [-0.15, -0.1) is 10.2 Å². The van der Waals surface area contributed by atoms with Crippen molar-refractivity contribution in [2.75, 3.05) is 31.1 Å². The summed E-state index contributed by atoms with van der Waals surface area (Å²) in [5, 5.41) is 21.3. The molecular weight excluding hydrogens is 366 g/mol. The van der Waals surface area contributed by atoms with Crippen LogP contribution < -0.4 is 4.90 Å². The summed E-state index contributed by atoms with van der Waals surface area (Å²) < 4.78 is 28.7. The molecule has 9 nitrogen and oxygen atoms in total. The van der Waals surface area contributed by atoms with Crippen LogP contribution in [0.4, 0.5) is 5.69 Å². The first-order valence-electron chi connectivity index (χ1n) is 8.42. The summed E-state index contributed by atoms with van der Waals surface area (Å²) in [6.45, 7) is 3.69. The van der Waals surface area contributed by atoms with Crippen LogP contribution in [0.1, 0.15) is 11.4 Å². The van der Waals surface area contributed by atoms with Crippen LogP contribution in [0.15, 0.2) is 41.4 Å². The second kappa shape index (κ2) is 6.61. The van der Waals surface area contributed by atoms with Gasteiger partial charge in [-0.25, -0.2) is 8.42 Å². The number of nitrogens with zero attached hydrogens (tertiary/aromatic N) is 7. The molecule has 1 aliphatic rings. The minimum atomic E-state index is -3.57. The third kappa shape index (κ3) is 3.11. The predicted molar refractivity (Wildman–Crippen MR) is 97.6 cm³/mol. The smallest absolute Gasteiger partial charge is 0.243 e. The van der Waals surface area contributed by atoms with E-state index in [1.54, 1.807) is 10.7 Å². The van der Waals surface area contributed by atoms with Gasteiger partial charge in [0.05, 0.1) is 28.4 Å². The van der Waals surface area contributed by atoms with Crippen LogP contribution in [0.25, 0.3) is 5.65 Å². The van der Waals surface area contributed by atoms with E-state index in [4.69, 9.17) is 5.26 Å². The number of aryl methyl sites for hydroxylation is 1. The number of sulfonamides is 1. The zero-order valence-electron chi connectivity index (χ0n) is 14.6. The maximum atomic E-state index is 12.8. The van der Waals surface area contributed by atoms with Gasteiger partial charge in [0, 0.05) is 32.2 Å². The minimum Gasteiger partial charge on any atom is -0.367 e. The number of nitriles is 1. The maximum Gasteiger partial charge on any atom is 0.243 e. The fraction of sp³-hybridized carbons (Fsp3) is 0.294. The van der Waals surface area contributed by atoms with E-state index in [0.29, 0.717) is 37.4 Å². The summed E-state index contributed by atoms with van der Waals surface area (Å²) in [5.41, 5.74) is 1.99. The summed E-state index contributed by atoms with van der Waals surface area (Å²) in [7, 11) is -3.57. The molecule has 1 aromatic carbocycles. The predicted octanol–water partition coefficient (Wildman–Crippen LogP) is 0.815. The summed E-state index contributed by atoms with van der Waals surface area (Å²) in [6.07, 6.45) is 1.74. The van der Waals surface area contributed by atoms with Gasteiger partial charge in [-0.2, -0.15) is 19.2 Å². The highest BCUT2D eigenvalue weighted by Gasteiger charge is 2.28. The average molecular weight is 383 g/mol. The molecule has 2 aromatic heterocycles. The molecule has 1 saturated heterocycles. The molecule has 0 aliphatic carbocycles. The molecule has 1 fully saturated rings. The topological polar surface area (TPSA) is 107 Å². The largest absolute Gasteiger partial charge is 0.367 e. The molecule has 3 heterocycles. The van der Waals surface area contributed by atoms with E-state index >= 15 is 0 Å². The summed E-state index contributed by atoms with van der Waals surface area (Å²) in [5.74, 6) is 0.717. The number of hydrogen-bond donors (Lipinski definition) is 0. The van der Waals surface area contributed by atoms with Crippen molar-refractivity contribution in [2.45, 2.75) is 11.8 Å². The molecule has 0 amide bonds. The molecule has 0 unspecified atom stereocenters. The van der Waals surface area contributed by atoms with Gasteiger partial charge in [0.25, 0.3) is 0 Å². The van der Waals surface area contributed by atoms with Crippen LogP contribution in [0.3, 0.4) is 0 Å². The Kier molecular flexibility index (Phi) is 4.25. The molecule has 0 spiro atoms. The number of anilines is 1. The lowest BCUT2D eigenvalue weighted by molar-refractivity contribution is 0.384. The van der Waals surface area contributed by atoms with Crippen LogP contribution >= 0.6 is 0 Å². The molecule has 0 atom stereocenters. The van der Waals surface area contributed by atoms with Crippen molar-refractivity contribution in [2.24, 2.45) is 0 Å². The molecule has 0 radical (unpaired) electrons. The van der Waals surface area contributed by atoms with Crippen LogP contribution in [0.5, 0.6) is 0 Å². The third-order valence-electron chi connectivity index (χ3n) is 4.63. The number of hydrogen-bond acceptors (Lipinski definition) is 7. The van der Waals surface area contributed by atoms with E-state index in [0.717, 1.165) is 11.5 Å². The SMILES string of the molecule is Cc1nnc2cc(N3CCN(S(=O)(=O)c4ccc(C#N)cc4)CC3)cnn12. The Labute approximate surface area is 156 Å². The highest BCUT2D eigenvalue weighted by molar-refractivity contribution is 7.89. The molecule has 0 N–H and O–H groups in total. The van der Waals surface area contributed by atoms with Gasteiger partial charge >= 0.3 is 0 Å². The van der Waals surface area contributed by atoms with E-state index in [-0.39, 0.29) is 4.90 Å². The van der Waals surface area contributed by atoms with Gasteiger partial charge in [-0.05, 0) is 31.2 Å². The molecule has 4 rings (SSSR count). The van der Waals surface area contributed by atoms with Crippen LogP contribution in [0.2, 0.25) is 0 Å². The molecule has 10 heteroatoms. The number of piperazine rings is 1. The normalized spacial score (nSPS) is 15.8. The van der Waals surface area contributed by atoms with Gasteiger partial charge in [-0.1, -0.05) is 0 Å². The van der Waals surface area contributed by atoms with Crippen LogP contribution in [-0.2, 0) is 10.0 Å². The first-order valence-corrected chi connectivity index (χ1v) is 9.86. The molecule has 0 saturated carbocycles. The fourth-order valence-corrected chi connectivity index (χ4v) is 4.53. The minimum absolute atomic E-state index is 0.206. The van der Waals surface area contributed by atoms with Crippen LogP contribution in [0, 0.1) is 18.3 Å². The lowest BCUT2D eigenvalue weighted by Crippen LogP contribution is -2.48. The molecular formula is C17H17N7O2S. The molecule has 27 heavy (non-hydrogen) atoms. The Bertz CT molecular complexity index is 1120. The lowest BCUT2D eigenvalue weighted by atomic mass is 10.2. The van der Waals surface area contributed by atoms with Gasteiger partial charge < -0.3 is 4.90 Å². The first-order chi connectivity index (χ1) is 13.0. The number of benzene rings is 1. The monoisotopic (exact) mass is 383 g/mol. The molecule has 0 bridgehead atoms.